The Kier molecular flexibility index (Phi) is 8.32. The van der Waals surface area contributed by atoms with Gasteiger partial charge in [-0.3, -0.25) is 4.99 Å². The lowest BCUT2D eigenvalue weighted by atomic mass is 10.3. The molecule has 8 heteroatoms. The van der Waals surface area contributed by atoms with Crippen LogP contribution >= 0.6 is 35.3 Å². The third-order valence-electron chi connectivity index (χ3n) is 1.96. The molecular formula is C10H15F3IN3S. The number of rotatable bonds is 4. The first-order chi connectivity index (χ1) is 8.01. The predicted octanol–water partition coefficient (Wildman–Crippen LogP) is 2.98. The number of hydrogen-bond acceptors (Lipinski definition) is 2. The molecule has 1 aromatic rings. The van der Waals surface area contributed by atoms with Crippen molar-refractivity contribution in [1.29, 1.82) is 0 Å². The molecule has 0 atom stereocenters. The lowest BCUT2D eigenvalue weighted by molar-refractivity contribution is -0.132. The summed E-state index contributed by atoms with van der Waals surface area (Å²) in [6.07, 6.45) is -5.01. The quantitative estimate of drug-likeness (QED) is 0.469. The molecule has 0 fully saturated rings. The van der Waals surface area contributed by atoms with E-state index in [1.807, 2.05) is 16.8 Å². The second-order valence-corrected chi connectivity index (χ2v) is 4.13. The molecule has 0 bridgehead atoms. The molecule has 0 spiro atoms. The summed E-state index contributed by atoms with van der Waals surface area (Å²) in [5.74, 6) is 0.375. The monoisotopic (exact) mass is 393 g/mol. The maximum Gasteiger partial charge on any atom is 0.390 e. The normalized spacial score (nSPS) is 11.9. The fourth-order valence-electron chi connectivity index (χ4n) is 1.12. The molecule has 0 aliphatic rings. The van der Waals surface area contributed by atoms with Gasteiger partial charge in [-0.2, -0.15) is 24.5 Å². The van der Waals surface area contributed by atoms with Crippen LogP contribution in [-0.2, 0) is 6.54 Å². The van der Waals surface area contributed by atoms with Gasteiger partial charge < -0.3 is 10.6 Å². The summed E-state index contributed by atoms with van der Waals surface area (Å²) < 4.78 is 35.8. The van der Waals surface area contributed by atoms with Crippen LogP contribution in [0.1, 0.15) is 12.0 Å². The number of guanidine groups is 1. The van der Waals surface area contributed by atoms with Crippen LogP contribution in [0.2, 0.25) is 0 Å². The van der Waals surface area contributed by atoms with Crippen molar-refractivity contribution in [2.45, 2.75) is 19.1 Å². The Balaban J connectivity index is 0.00000289. The van der Waals surface area contributed by atoms with Crippen LogP contribution in [-0.4, -0.2) is 25.7 Å². The molecule has 18 heavy (non-hydrogen) atoms. The largest absolute Gasteiger partial charge is 0.390 e. The fraction of sp³-hybridized carbons (Fsp3) is 0.500. The maximum atomic E-state index is 11.9. The smallest absolute Gasteiger partial charge is 0.356 e. The average molecular weight is 393 g/mol. The van der Waals surface area contributed by atoms with Crippen molar-refractivity contribution in [3.05, 3.63) is 22.4 Å². The molecule has 0 unspecified atom stereocenters. The van der Waals surface area contributed by atoms with E-state index in [0.717, 1.165) is 5.56 Å². The van der Waals surface area contributed by atoms with Crippen LogP contribution in [0.3, 0.4) is 0 Å². The van der Waals surface area contributed by atoms with Crippen molar-refractivity contribution in [2.75, 3.05) is 13.6 Å². The molecule has 0 saturated heterocycles. The number of hydrogen-bond donors (Lipinski definition) is 2. The second-order valence-electron chi connectivity index (χ2n) is 3.35. The van der Waals surface area contributed by atoms with Gasteiger partial charge in [0.05, 0.1) is 6.42 Å². The lowest BCUT2D eigenvalue weighted by Crippen LogP contribution is -2.38. The second kappa shape index (κ2) is 8.57. The zero-order valence-corrected chi connectivity index (χ0v) is 12.9. The first-order valence-corrected chi connectivity index (χ1v) is 5.98. The molecule has 1 aromatic heterocycles. The molecule has 0 aromatic carbocycles. The van der Waals surface area contributed by atoms with E-state index in [2.05, 4.69) is 15.6 Å². The molecule has 0 aliphatic carbocycles. The number of aliphatic imine (C=N–C) groups is 1. The van der Waals surface area contributed by atoms with Gasteiger partial charge in [-0.25, -0.2) is 0 Å². The van der Waals surface area contributed by atoms with Gasteiger partial charge in [0.15, 0.2) is 5.96 Å². The highest BCUT2D eigenvalue weighted by atomic mass is 127. The molecule has 1 rings (SSSR count). The molecule has 3 nitrogen and oxygen atoms in total. The first-order valence-electron chi connectivity index (χ1n) is 5.03. The Morgan fingerprint density at radius 3 is 2.61 bits per heavy atom. The summed E-state index contributed by atoms with van der Waals surface area (Å²) in [7, 11) is 1.52. The van der Waals surface area contributed by atoms with Crippen LogP contribution in [0.25, 0.3) is 0 Å². The summed E-state index contributed by atoms with van der Waals surface area (Å²) in [5.41, 5.74) is 1.08. The summed E-state index contributed by atoms with van der Waals surface area (Å²) >= 11 is 1.57. The number of halogens is 4. The highest BCUT2D eigenvalue weighted by molar-refractivity contribution is 14.0. The highest BCUT2D eigenvalue weighted by Gasteiger charge is 2.26. The first kappa shape index (κ1) is 17.5. The minimum absolute atomic E-state index is 0. The zero-order valence-electron chi connectivity index (χ0n) is 9.75. The predicted molar refractivity (Wildman–Crippen MR) is 78.6 cm³/mol. The maximum absolute atomic E-state index is 11.9. The minimum Gasteiger partial charge on any atom is -0.356 e. The van der Waals surface area contributed by atoms with E-state index >= 15 is 0 Å². The number of nitrogens with zero attached hydrogens (tertiary/aromatic N) is 1. The van der Waals surface area contributed by atoms with Gasteiger partial charge in [-0.15, -0.1) is 24.0 Å². The molecule has 0 aliphatic heterocycles. The fourth-order valence-corrected chi connectivity index (χ4v) is 1.79. The molecule has 0 radical (unpaired) electrons. The Morgan fingerprint density at radius 2 is 2.11 bits per heavy atom. The lowest BCUT2D eigenvalue weighted by Gasteiger charge is -2.12. The average Bonchev–Trinajstić information content (AvgIpc) is 2.74. The Labute approximate surface area is 125 Å². The van der Waals surface area contributed by atoms with Crippen molar-refractivity contribution >= 4 is 41.3 Å². The van der Waals surface area contributed by atoms with Crippen molar-refractivity contribution in [1.82, 2.24) is 10.6 Å². The van der Waals surface area contributed by atoms with Gasteiger partial charge >= 0.3 is 6.18 Å². The van der Waals surface area contributed by atoms with Gasteiger partial charge in [-0.05, 0) is 22.4 Å². The van der Waals surface area contributed by atoms with Gasteiger partial charge in [0.25, 0.3) is 0 Å². The van der Waals surface area contributed by atoms with Gasteiger partial charge in [-0.1, -0.05) is 0 Å². The third-order valence-corrected chi connectivity index (χ3v) is 2.70. The van der Waals surface area contributed by atoms with E-state index in [1.165, 1.54) is 7.05 Å². The summed E-state index contributed by atoms with van der Waals surface area (Å²) in [5, 5.41) is 9.46. The summed E-state index contributed by atoms with van der Waals surface area (Å²) in [4.78, 5) is 3.84. The Bertz CT molecular complexity index is 352. The molecular weight excluding hydrogens is 378 g/mol. The van der Waals surface area contributed by atoms with Crippen LogP contribution in [0, 0.1) is 0 Å². The van der Waals surface area contributed by atoms with Crippen molar-refractivity contribution < 1.29 is 13.2 Å². The molecule has 104 valence electrons. The molecule has 1 heterocycles. The van der Waals surface area contributed by atoms with Crippen molar-refractivity contribution in [2.24, 2.45) is 4.99 Å². The number of alkyl halides is 3. The number of nitrogens with one attached hydrogen (secondary N) is 2. The topological polar surface area (TPSA) is 36.4 Å². The van der Waals surface area contributed by atoms with Gasteiger partial charge in [0, 0.05) is 20.1 Å². The van der Waals surface area contributed by atoms with Crippen molar-refractivity contribution in [3.63, 3.8) is 0 Å². The summed E-state index contributed by atoms with van der Waals surface area (Å²) in [6, 6.07) is 1.95. The Hall–Kier alpha value is -0.510. The van der Waals surface area contributed by atoms with Crippen LogP contribution in [0.4, 0.5) is 13.2 Å². The molecule has 0 amide bonds. The number of thiophene rings is 1. The molecule has 0 saturated carbocycles. The van der Waals surface area contributed by atoms with Crippen LogP contribution in [0.15, 0.2) is 21.8 Å². The van der Waals surface area contributed by atoms with E-state index in [1.54, 1.807) is 11.3 Å². The standard InChI is InChI=1S/C10H14F3N3S.HI/c1-14-9(15-4-3-10(11,12)13)16-6-8-2-5-17-7-8;/h2,5,7H,3-4,6H2,1H3,(H2,14,15,16);1H. The molecule has 2 N–H and O–H groups in total. The van der Waals surface area contributed by atoms with E-state index < -0.39 is 12.6 Å². The SMILES string of the molecule is CN=C(NCCC(F)(F)F)NCc1ccsc1.I. The third kappa shape index (κ3) is 7.75. The minimum atomic E-state index is -4.14. The van der Waals surface area contributed by atoms with Crippen LogP contribution < -0.4 is 10.6 Å². The van der Waals surface area contributed by atoms with Gasteiger partial charge in [0.2, 0.25) is 0 Å². The van der Waals surface area contributed by atoms with Gasteiger partial charge in [0.1, 0.15) is 0 Å². The van der Waals surface area contributed by atoms with E-state index in [4.69, 9.17) is 0 Å². The zero-order chi connectivity index (χ0) is 12.7. The highest BCUT2D eigenvalue weighted by Crippen LogP contribution is 2.18. The van der Waals surface area contributed by atoms with E-state index in [-0.39, 0.29) is 30.5 Å². The van der Waals surface area contributed by atoms with Crippen LogP contribution in [0.5, 0.6) is 0 Å². The van der Waals surface area contributed by atoms with E-state index in [9.17, 15) is 13.2 Å². The Morgan fingerprint density at radius 1 is 1.39 bits per heavy atom. The van der Waals surface area contributed by atoms with Crippen molar-refractivity contribution in [3.8, 4) is 0 Å². The summed E-state index contributed by atoms with van der Waals surface area (Å²) in [6.45, 7) is 0.377. The van der Waals surface area contributed by atoms with E-state index in [0.29, 0.717) is 12.5 Å².